The summed E-state index contributed by atoms with van der Waals surface area (Å²) in [4.78, 5) is 4.31. The van der Waals surface area contributed by atoms with E-state index < -0.39 is 11.7 Å². The fourth-order valence-corrected chi connectivity index (χ4v) is 2.76. The molecule has 0 saturated carbocycles. The van der Waals surface area contributed by atoms with Gasteiger partial charge in [-0.15, -0.1) is 0 Å². The molecule has 1 aromatic heterocycles. The van der Waals surface area contributed by atoms with Crippen LogP contribution in [0, 0.1) is 18.3 Å². The Morgan fingerprint density at radius 2 is 2.17 bits per heavy atom. The molecule has 120 valence electrons. The third kappa shape index (κ3) is 3.13. The van der Waals surface area contributed by atoms with Crippen LogP contribution in [0.25, 0.3) is 0 Å². The largest absolute Gasteiger partial charge is 0.417 e. The number of nitrogens with one attached hydrogen (secondary N) is 1. The molecule has 1 aliphatic rings. The number of aryl methyl sites for hydroxylation is 2. The molecule has 1 N–H and O–H groups in total. The van der Waals surface area contributed by atoms with E-state index in [1.807, 2.05) is 11.6 Å². The zero-order valence-corrected chi connectivity index (χ0v) is 12.4. The zero-order chi connectivity index (χ0) is 16.6. The van der Waals surface area contributed by atoms with Gasteiger partial charge < -0.3 is 5.32 Å². The second-order valence-electron chi connectivity index (χ2n) is 5.51. The highest BCUT2D eigenvalue weighted by Gasteiger charge is 2.33. The lowest BCUT2D eigenvalue weighted by Gasteiger charge is -2.24. The SMILES string of the molecule is Cc1nc2n(n1)C[C@@H](Nc1ccc(C(F)(F)F)c(C#N)c1)CC2. The number of benzene rings is 1. The van der Waals surface area contributed by atoms with Crippen LogP contribution >= 0.6 is 0 Å². The van der Waals surface area contributed by atoms with Gasteiger partial charge in [0, 0.05) is 18.2 Å². The Labute approximate surface area is 130 Å². The molecule has 8 heteroatoms. The number of anilines is 1. The summed E-state index contributed by atoms with van der Waals surface area (Å²) in [6.45, 7) is 2.42. The fraction of sp³-hybridized carbons (Fsp3) is 0.400. The molecule has 3 rings (SSSR count). The van der Waals surface area contributed by atoms with E-state index in [-0.39, 0.29) is 11.6 Å². The number of rotatable bonds is 2. The zero-order valence-electron chi connectivity index (χ0n) is 12.4. The van der Waals surface area contributed by atoms with E-state index in [4.69, 9.17) is 5.26 Å². The van der Waals surface area contributed by atoms with Crippen LogP contribution in [0.2, 0.25) is 0 Å². The summed E-state index contributed by atoms with van der Waals surface area (Å²) in [5.41, 5.74) is -0.793. The number of halogens is 3. The van der Waals surface area contributed by atoms with Crippen LogP contribution in [0.4, 0.5) is 18.9 Å². The first-order valence-corrected chi connectivity index (χ1v) is 7.15. The summed E-state index contributed by atoms with van der Waals surface area (Å²) in [6.07, 6.45) is -2.97. The molecule has 0 saturated heterocycles. The lowest BCUT2D eigenvalue weighted by atomic mass is 10.0. The molecule has 0 spiro atoms. The Balaban J connectivity index is 1.78. The Morgan fingerprint density at radius 3 is 2.87 bits per heavy atom. The molecular weight excluding hydrogens is 307 g/mol. The standard InChI is InChI=1S/C15H14F3N5/c1-9-20-14-5-3-12(8-23(14)22-9)21-11-2-4-13(15(16,17)18)10(6-11)7-19/h2,4,6,12,21H,3,5,8H2,1H3/t12-/m0/s1. The summed E-state index contributed by atoms with van der Waals surface area (Å²) in [5.74, 6) is 1.63. The number of nitrogens with zero attached hydrogens (tertiary/aromatic N) is 4. The van der Waals surface area contributed by atoms with Crippen molar-refractivity contribution in [3.63, 3.8) is 0 Å². The molecule has 2 heterocycles. The minimum absolute atomic E-state index is 0.0341. The number of nitriles is 1. The van der Waals surface area contributed by atoms with E-state index in [9.17, 15) is 13.2 Å². The average molecular weight is 321 g/mol. The molecule has 5 nitrogen and oxygen atoms in total. The van der Waals surface area contributed by atoms with E-state index in [0.29, 0.717) is 18.1 Å². The molecule has 1 aliphatic heterocycles. The minimum atomic E-state index is -4.53. The maximum Gasteiger partial charge on any atom is 0.417 e. The first-order chi connectivity index (χ1) is 10.9. The fourth-order valence-electron chi connectivity index (χ4n) is 2.76. The monoisotopic (exact) mass is 321 g/mol. The van der Waals surface area contributed by atoms with Crippen molar-refractivity contribution in [3.05, 3.63) is 41.0 Å². The third-order valence-corrected chi connectivity index (χ3v) is 3.78. The van der Waals surface area contributed by atoms with Crippen molar-refractivity contribution in [2.75, 3.05) is 5.32 Å². The first-order valence-electron chi connectivity index (χ1n) is 7.15. The summed E-state index contributed by atoms with van der Waals surface area (Å²) < 4.78 is 40.2. The summed E-state index contributed by atoms with van der Waals surface area (Å²) in [5, 5.41) is 16.4. The van der Waals surface area contributed by atoms with E-state index in [2.05, 4.69) is 15.4 Å². The minimum Gasteiger partial charge on any atom is -0.380 e. The lowest BCUT2D eigenvalue weighted by molar-refractivity contribution is -0.137. The molecule has 1 atom stereocenters. The summed E-state index contributed by atoms with van der Waals surface area (Å²) >= 11 is 0. The van der Waals surface area contributed by atoms with Crippen LogP contribution in [-0.2, 0) is 19.1 Å². The highest BCUT2D eigenvalue weighted by molar-refractivity contribution is 5.54. The van der Waals surface area contributed by atoms with E-state index >= 15 is 0 Å². The van der Waals surface area contributed by atoms with Gasteiger partial charge in [-0.1, -0.05) is 0 Å². The maximum absolute atomic E-state index is 12.8. The van der Waals surface area contributed by atoms with Crippen molar-refractivity contribution < 1.29 is 13.2 Å². The van der Waals surface area contributed by atoms with Gasteiger partial charge in [0.25, 0.3) is 0 Å². The molecule has 0 unspecified atom stereocenters. The van der Waals surface area contributed by atoms with Gasteiger partial charge in [-0.2, -0.15) is 23.5 Å². The third-order valence-electron chi connectivity index (χ3n) is 3.78. The van der Waals surface area contributed by atoms with Crippen molar-refractivity contribution >= 4 is 5.69 Å². The molecule has 2 aromatic rings. The van der Waals surface area contributed by atoms with Crippen molar-refractivity contribution in [1.82, 2.24) is 14.8 Å². The first kappa shape index (κ1) is 15.3. The smallest absolute Gasteiger partial charge is 0.380 e. The summed E-state index contributed by atoms with van der Waals surface area (Å²) in [7, 11) is 0. The predicted octanol–water partition coefficient (Wildman–Crippen LogP) is 2.90. The number of fused-ring (bicyclic) bond motifs is 1. The molecular formula is C15H14F3N5. The van der Waals surface area contributed by atoms with E-state index in [0.717, 1.165) is 24.7 Å². The Bertz CT molecular complexity index is 772. The topological polar surface area (TPSA) is 66.5 Å². The van der Waals surface area contributed by atoms with Crippen LogP contribution in [0.5, 0.6) is 0 Å². The maximum atomic E-state index is 12.8. The van der Waals surface area contributed by atoms with E-state index in [1.54, 1.807) is 6.07 Å². The van der Waals surface area contributed by atoms with Crippen LogP contribution in [0.1, 0.15) is 29.2 Å². The molecule has 0 amide bonds. The van der Waals surface area contributed by atoms with Gasteiger partial charge in [-0.05, 0) is 31.5 Å². The Kier molecular flexibility index (Phi) is 3.72. The lowest BCUT2D eigenvalue weighted by Crippen LogP contribution is -2.32. The van der Waals surface area contributed by atoms with Gasteiger partial charge in [0.05, 0.1) is 23.7 Å². The normalized spacial score (nSPS) is 17.4. The van der Waals surface area contributed by atoms with Crippen molar-refractivity contribution in [2.24, 2.45) is 0 Å². The Hall–Kier alpha value is -2.56. The van der Waals surface area contributed by atoms with Crippen molar-refractivity contribution in [1.29, 1.82) is 5.26 Å². The molecule has 0 fully saturated rings. The van der Waals surface area contributed by atoms with Crippen molar-refractivity contribution in [3.8, 4) is 6.07 Å². The van der Waals surface area contributed by atoms with Gasteiger partial charge in [-0.3, -0.25) is 0 Å². The number of hydrogen-bond donors (Lipinski definition) is 1. The van der Waals surface area contributed by atoms with Gasteiger partial charge in [0.15, 0.2) is 0 Å². The second kappa shape index (κ2) is 5.57. The summed E-state index contributed by atoms with van der Waals surface area (Å²) in [6, 6.07) is 5.18. The molecule has 0 bridgehead atoms. The second-order valence-corrected chi connectivity index (χ2v) is 5.51. The van der Waals surface area contributed by atoms with Crippen LogP contribution in [0.15, 0.2) is 18.2 Å². The van der Waals surface area contributed by atoms with Gasteiger partial charge in [-0.25, -0.2) is 9.67 Å². The highest BCUT2D eigenvalue weighted by Crippen LogP contribution is 2.33. The predicted molar refractivity (Wildman–Crippen MR) is 76.6 cm³/mol. The van der Waals surface area contributed by atoms with Crippen molar-refractivity contribution in [2.45, 2.75) is 38.5 Å². The van der Waals surface area contributed by atoms with Gasteiger partial charge in [0.1, 0.15) is 11.6 Å². The highest BCUT2D eigenvalue weighted by atomic mass is 19.4. The molecule has 1 aromatic carbocycles. The molecule has 0 radical (unpaired) electrons. The Morgan fingerprint density at radius 1 is 1.39 bits per heavy atom. The number of hydrogen-bond acceptors (Lipinski definition) is 4. The number of aromatic nitrogens is 3. The van der Waals surface area contributed by atoms with Gasteiger partial charge >= 0.3 is 6.18 Å². The quantitative estimate of drug-likeness (QED) is 0.923. The molecule has 23 heavy (non-hydrogen) atoms. The van der Waals surface area contributed by atoms with E-state index in [1.165, 1.54) is 12.1 Å². The number of alkyl halides is 3. The van der Waals surface area contributed by atoms with Crippen LogP contribution in [-0.4, -0.2) is 20.8 Å². The van der Waals surface area contributed by atoms with Gasteiger partial charge in [0.2, 0.25) is 0 Å². The molecule has 0 aliphatic carbocycles. The van der Waals surface area contributed by atoms with Crippen LogP contribution < -0.4 is 5.32 Å². The average Bonchev–Trinajstić information content (AvgIpc) is 2.85. The van der Waals surface area contributed by atoms with Crippen LogP contribution in [0.3, 0.4) is 0 Å².